The monoisotopic (exact) mass is 403 g/mol. The first-order valence-electron chi connectivity index (χ1n) is 11.3. The van der Waals surface area contributed by atoms with E-state index in [1.54, 1.807) is 6.33 Å². The molecule has 4 heterocycles. The molecular weight excluding hydrogens is 374 g/mol. The van der Waals surface area contributed by atoms with Crippen molar-refractivity contribution in [3.05, 3.63) is 53.5 Å². The third-order valence-electron chi connectivity index (χ3n) is 7.70. The summed E-state index contributed by atoms with van der Waals surface area (Å²) in [6, 6.07) is 11.9. The first-order valence-corrected chi connectivity index (χ1v) is 11.3. The van der Waals surface area contributed by atoms with E-state index in [-0.39, 0.29) is 7.47 Å². The number of fused-ring (bicyclic) bond motifs is 3. The molecule has 0 radical (unpaired) electrons. The molecule has 2 aliphatic carbocycles. The van der Waals surface area contributed by atoms with Gasteiger partial charge in [-0.05, 0) is 42.4 Å². The molecule has 4 atom stereocenters. The van der Waals surface area contributed by atoms with Gasteiger partial charge in [0, 0.05) is 38.1 Å². The van der Waals surface area contributed by atoms with Crippen molar-refractivity contribution < 1.29 is 6.16 Å². The summed E-state index contributed by atoms with van der Waals surface area (Å²) in [5.74, 6) is 3.03. The molecule has 2 aromatic heterocycles. The van der Waals surface area contributed by atoms with E-state index in [1.807, 2.05) is 0 Å². The zero-order valence-corrected chi connectivity index (χ0v) is 17.1. The third-order valence-corrected chi connectivity index (χ3v) is 7.70. The molecule has 156 valence electrons. The first kappa shape index (κ1) is 17.3. The molecule has 4 aliphatic rings. The van der Waals surface area contributed by atoms with Crippen molar-refractivity contribution in [1.29, 1.82) is 0 Å². The molecule has 3 fully saturated rings. The molecule has 1 saturated carbocycles. The summed E-state index contributed by atoms with van der Waals surface area (Å²) < 4.78 is 5.72. The van der Waals surface area contributed by atoms with Crippen LogP contribution in [0.5, 0.6) is 0 Å². The molecule has 30 heavy (non-hydrogen) atoms. The van der Waals surface area contributed by atoms with Crippen molar-refractivity contribution in [3.63, 3.8) is 0 Å². The Morgan fingerprint density at radius 3 is 2.77 bits per heavy atom. The molecule has 2 N–H and O–H groups in total. The lowest BCUT2D eigenvalue weighted by atomic mass is 10.0. The number of aromatic nitrogens is 3. The van der Waals surface area contributed by atoms with Gasteiger partial charge in [0.2, 0.25) is 0 Å². The van der Waals surface area contributed by atoms with Crippen LogP contribution in [-0.4, -0.2) is 52.2 Å². The predicted molar refractivity (Wildman–Crippen MR) is 118 cm³/mol. The molecule has 0 spiro atoms. The molecule has 0 bridgehead atoms. The number of anilines is 1. The van der Waals surface area contributed by atoms with Gasteiger partial charge in [-0.1, -0.05) is 24.3 Å². The van der Waals surface area contributed by atoms with Gasteiger partial charge in [-0.25, -0.2) is 9.97 Å². The molecular formula is C24H29N5O. The smallest absolute Gasteiger partial charge is 0.143 e. The topological polar surface area (TPSA) is 66.1 Å². The van der Waals surface area contributed by atoms with Crippen LogP contribution in [0.4, 0.5) is 5.82 Å². The minimum Gasteiger partial charge on any atom is -0.381 e. The number of nitrogens with one attached hydrogen (secondary N) is 2. The second-order valence-electron chi connectivity index (χ2n) is 9.59. The minimum absolute atomic E-state index is 0. The third kappa shape index (κ3) is 2.70. The number of likely N-dealkylation sites (tertiary alicyclic amines) is 1. The van der Waals surface area contributed by atoms with Crippen molar-refractivity contribution in [2.45, 2.75) is 37.3 Å². The molecule has 7 rings (SSSR count). The van der Waals surface area contributed by atoms with E-state index in [4.69, 9.17) is 4.74 Å². The van der Waals surface area contributed by atoms with Crippen LogP contribution in [0.15, 0.2) is 36.7 Å². The minimum atomic E-state index is 0. The van der Waals surface area contributed by atoms with E-state index in [1.165, 1.54) is 29.7 Å². The number of aromatic amines is 1. The lowest BCUT2D eigenvalue weighted by molar-refractivity contribution is 0.136. The molecule has 0 amide bonds. The standard InChI is InChI=1S/C24H27N5O.H2/c1-2-4-18-15(3-1)7-21(29-9-16-11-30-12-17(16)10-29)22(18)28-24-19-8-20(14-5-6-14)27-23(19)25-13-26-24;/h1-4,8,13-14,16-17,21-22H,5-7,9-12H2,(H2,25,26,27,28);1H/t16-,17?,21+,22+;/m1./s1. The Bertz CT molecular complexity index is 1100. The average Bonchev–Trinajstić information content (AvgIpc) is 3.09. The second kappa shape index (κ2) is 6.53. The summed E-state index contributed by atoms with van der Waals surface area (Å²) in [5.41, 5.74) is 5.14. The maximum Gasteiger partial charge on any atom is 0.143 e. The van der Waals surface area contributed by atoms with Crippen LogP contribution in [0, 0.1) is 11.8 Å². The Morgan fingerprint density at radius 1 is 1.10 bits per heavy atom. The van der Waals surface area contributed by atoms with Crippen LogP contribution in [-0.2, 0) is 11.2 Å². The normalized spacial score (nSPS) is 30.7. The van der Waals surface area contributed by atoms with Crippen molar-refractivity contribution >= 4 is 16.9 Å². The lowest BCUT2D eigenvalue weighted by Crippen LogP contribution is -2.40. The number of nitrogens with zero attached hydrogens (tertiary/aromatic N) is 3. The lowest BCUT2D eigenvalue weighted by Gasteiger charge is -2.31. The predicted octanol–water partition coefficient (Wildman–Crippen LogP) is 3.74. The van der Waals surface area contributed by atoms with E-state index in [0.29, 0.717) is 23.8 Å². The van der Waals surface area contributed by atoms with Gasteiger partial charge in [0.1, 0.15) is 17.8 Å². The Kier molecular flexibility index (Phi) is 3.76. The van der Waals surface area contributed by atoms with Gasteiger partial charge in [-0.2, -0.15) is 0 Å². The Labute approximate surface area is 177 Å². The van der Waals surface area contributed by atoms with E-state index in [2.05, 4.69) is 55.5 Å². The van der Waals surface area contributed by atoms with Crippen molar-refractivity contribution in [3.8, 4) is 0 Å². The highest BCUT2D eigenvalue weighted by atomic mass is 16.5. The molecule has 2 saturated heterocycles. The van der Waals surface area contributed by atoms with Gasteiger partial charge in [-0.3, -0.25) is 4.90 Å². The molecule has 1 aromatic carbocycles. The summed E-state index contributed by atoms with van der Waals surface area (Å²) in [5, 5.41) is 4.98. The summed E-state index contributed by atoms with van der Waals surface area (Å²) in [6.07, 6.45) is 5.35. The van der Waals surface area contributed by atoms with Gasteiger partial charge in [-0.15, -0.1) is 0 Å². The number of benzene rings is 1. The Hall–Kier alpha value is -2.44. The zero-order valence-electron chi connectivity index (χ0n) is 17.1. The summed E-state index contributed by atoms with van der Waals surface area (Å²) in [7, 11) is 0. The highest BCUT2D eigenvalue weighted by Gasteiger charge is 2.44. The van der Waals surface area contributed by atoms with E-state index in [9.17, 15) is 0 Å². The number of ether oxygens (including phenoxy) is 1. The average molecular weight is 404 g/mol. The fourth-order valence-corrected chi connectivity index (χ4v) is 5.92. The quantitative estimate of drug-likeness (QED) is 0.695. The SMILES string of the molecule is [HH].c1ccc2c(c1)C[C@H](N1CC3COC[C@H]3C1)[C@H]2Nc1ncnc2[nH]c(C3CC3)cc12. The van der Waals surface area contributed by atoms with Crippen molar-refractivity contribution in [2.75, 3.05) is 31.6 Å². The maximum absolute atomic E-state index is 5.72. The van der Waals surface area contributed by atoms with Crippen molar-refractivity contribution in [1.82, 2.24) is 19.9 Å². The second-order valence-corrected chi connectivity index (χ2v) is 9.59. The zero-order chi connectivity index (χ0) is 19.7. The number of rotatable bonds is 4. The fraction of sp³-hybridized carbons (Fsp3) is 0.500. The summed E-state index contributed by atoms with van der Waals surface area (Å²) in [6.45, 7) is 4.16. The number of H-pyrrole nitrogens is 1. The van der Waals surface area contributed by atoms with E-state index < -0.39 is 0 Å². The largest absolute Gasteiger partial charge is 0.381 e. The summed E-state index contributed by atoms with van der Waals surface area (Å²) in [4.78, 5) is 15.4. The van der Waals surface area contributed by atoms with E-state index in [0.717, 1.165) is 49.6 Å². The summed E-state index contributed by atoms with van der Waals surface area (Å²) >= 11 is 0. The van der Waals surface area contributed by atoms with Crippen LogP contribution in [0.25, 0.3) is 11.0 Å². The van der Waals surface area contributed by atoms with Gasteiger partial charge >= 0.3 is 0 Å². The first-order chi connectivity index (χ1) is 14.8. The molecule has 3 aromatic rings. The van der Waals surface area contributed by atoms with Crippen LogP contribution >= 0.6 is 0 Å². The fourth-order valence-electron chi connectivity index (χ4n) is 5.92. The maximum atomic E-state index is 5.72. The van der Waals surface area contributed by atoms with Crippen LogP contribution in [0.3, 0.4) is 0 Å². The van der Waals surface area contributed by atoms with Crippen molar-refractivity contribution in [2.24, 2.45) is 11.8 Å². The van der Waals surface area contributed by atoms with Gasteiger partial charge < -0.3 is 15.0 Å². The molecule has 6 nitrogen and oxygen atoms in total. The van der Waals surface area contributed by atoms with Crippen LogP contribution in [0.2, 0.25) is 0 Å². The highest BCUT2D eigenvalue weighted by Crippen LogP contribution is 2.43. The molecule has 1 unspecified atom stereocenters. The number of hydrogen-bond acceptors (Lipinski definition) is 5. The molecule has 2 aliphatic heterocycles. The Balaban J connectivity index is 0.00000185. The van der Waals surface area contributed by atoms with Gasteiger partial charge in [0.05, 0.1) is 24.6 Å². The molecule has 6 heteroatoms. The highest BCUT2D eigenvalue weighted by molar-refractivity contribution is 5.88. The number of hydrogen-bond donors (Lipinski definition) is 2. The van der Waals surface area contributed by atoms with Gasteiger partial charge in [0.25, 0.3) is 0 Å². The van der Waals surface area contributed by atoms with E-state index >= 15 is 0 Å². The van der Waals surface area contributed by atoms with Gasteiger partial charge in [0.15, 0.2) is 0 Å². The van der Waals surface area contributed by atoms with Crippen LogP contribution < -0.4 is 5.32 Å². The Morgan fingerprint density at radius 2 is 1.93 bits per heavy atom. The van der Waals surface area contributed by atoms with Crippen LogP contribution in [0.1, 0.15) is 43.0 Å².